The minimum Gasteiger partial charge on any atom is -0.332 e. The lowest BCUT2D eigenvalue weighted by atomic mass is 10.4. The summed E-state index contributed by atoms with van der Waals surface area (Å²) >= 11 is 4.98. The third-order valence-corrected chi connectivity index (χ3v) is 2.53. The van der Waals surface area contributed by atoms with Crippen molar-refractivity contribution in [3.05, 3.63) is 4.77 Å². The Morgan fingerprint density at radius 1 is 1.41 bits per heavy atom. The van der Waals surface area contributed by atoms with Gasteiger partial charge in [-0.05, 0) is 25.6 Å². The van der Waals surface area contributed by atoms with Gasteiger partial charge in [-0.1, -0.05) is 6.92 Å². The molecule has 4 nitrogen and oxygen atoms in total. The van der Waals surface area contributed by atoms with Crippen molar-refractivity contribution in [2.45, 2.75) is 33.0 Å². The summed E-state index contributed by atoms with van der Waals surface area (Å²) in [6.07, 6.45) is -3.47. The van der Waals surface area contributed by atoms with Crippen molar-refractivity contribution in [2.24, 2.45) is 0 Å². The normalized spacial score (nSPS) is 11.8. The smallest absolute Gasteiger partial charge is 0.332 e. The van der Waals surface area contributed by atoms with Crippen LogP contribution in [0.1, 0.15) is 20.3 Å². The van der Waals surface area contributed by atoms with Gasteiger partial charge in [0.05, 0.1) is 0 Å². The summed E-state index contributed by atoms with van der Waals surface area (Å²) in [5, 5.41) is 6.39. The Kier molecular flexibility index (Phi) is 4.55. The number of aromatic nitrogens is 3. The summed E-state index contributed by atoms with van der Waals surface area (Å²) < 4.78 is 39.1. The van der Waals surface area contributed by atoms with E-state index >= 15 is 0 Å². The number of nitrogens with one attached hydrogen (secondary N) is 1. The monoisotopic (exact) mass is 268 g/mol. The highest BCUT2D eigenvalue weighted by atomic mass is 32.1. The van der Waals surface area contributed by atoms with Gasteiger partial charge in [0.1, 0.15) is 6.54 Å². The van der Waals surface area contributed by atoms with Gasteiger partial charge in [-0.15, -0.1) is 5.10 Å². The van der Waals surface area contributed by atoms with E-state index < -0.39 is 12.7 Å². The molecule has 0 aliphatic heterocycles. The lowest BCUT2D eigenvalue weighted by Crippen LogP contribution is -2.36. The molecule has 1 rings (SSSR count). The summed E-state index contributed by atoms with van der Waals surface area (Å²) in [4.78, 5) is 1.15. The summed E-state index contributed by atoms with van der Waals surface area (Å²) in [5.74, 6) is 0.247. The molecular formula is C9H15F3N4S. The van der Waals surface area contributed by atoms with Crippen molar-refractivity contribution in [2.75, 3.05) is 18.0 Å². The van der Waals surface area contributed by atoms with Crippen molar-refractivity contribution in [3.8, 4) is 0 Å². The minimum atomic E-state index is -4.25. The molecule has 0 aromatic carbocycles. The van der Waals surface area contributed by atoms with Gasteiger partial charge in [-0.25, -0.2) is 5.10 Å². The molecule has 0 saturated heterocycles. The molecule has 0 aliphatic rings. The predicted molar refractivity (Wildman–Crippen MR) is 61.6 cm³/mol. The molecule has 0 atom stereocenters. The fourth-order valence-corrected chi connectivity index (χ4v) is 1.73. The van der Waals surface area contributed by atoms with Crippen LogP contribution in [-0.4, -0.2) is 34.0 Å². The summed E-state index contributed by atoms with van der Waals surface area (Å²) in [5.41, 5.74) is 0. The SMILES string of the molecule is CCCn1c(N(CC)CC(F)(F)F)n[nH]c1=S. The van der Waals surface area contributed by atoms with Gasteiger partial charge in [-0.3, -0.25) is 4.57 Å². The molecule has 0 unspecified atom stereocenters. The number of nitrogens with zero attached hydrogens (tertiary/aromatic N) is 3. The van der Waals surface area contributed by atoms with Crippen LogP contribution in [0, 0.1) is 4.77 Å². The van der Waals surface area contributed by atoms with E-state index in [4.69, 9.17) is 12.2 Å². The molecule has 0 saturated carbocycles. The van der Waals surface area contributed by atoms with E-state index in [2.05, 4.69) is 10.2 Å². The first-order chi connectivity index (χ1) is 7.89. The first kappa shape index (κ1) is 14.0. The molecule has 0 spiro atoms. The second-order valence-electron chi connectivity index (χ2n) is 3.61. The van der Waals surface area contributed by atoms with Gasteiger partial charge in [0.25, 0.3) is 0 Å². The van der Waals surface area contributed by atoms with Crippen LogP contribution in [0.15, 0.2) is 0 Å². The Hall–Kier alpha value is -1.05. The van der Waals surface area contributed by atoms with Crippen molar-refractivity contribution >= 4 is 18.2 Å². The lowest BCUT2D eigenvalue weighted by molar-refractivity contribution is -0.119. The van der Waals surface area contributed by atoms with E-state index in [1.807, 2.05) is 6.92 Å². The maximum absolute atomic E-state index is 12.4. The highest BCUT2D eigenvalue weighted by molar-refractivity contribution is 7.71. The maximum Gasteiger partial charge on any atom is 0.406 e. The fourth-order valence-electron chi connectivity index (χ4n) is 1.52. The van der Waals surface area contributed by atoms with Crippen molar-refractivity contribution in [1.29, 1.82) is 0 Å². The molecular weight excluding hydrogens is 253 g/mol. The summed E-state index contributed by atoms with van der Waals surface area (Å²) in [7, 11) is 0. The van der Waals surface area contributed by atoms with Crippen LogP contribution in [0.25, 0.3) is 0 Å². The van der Waals surface area contributed by atoms with Crippen LogP contribution < -0.4 is 4.90 Å². The van der Waals surface area contributed by atoms with Crippen molar-refractivity contribution in [3.63, 3.8) is 0 Å². The number of hydrogen-bond donors (Lipinski definition) is 1. The third-order valence-electron chi connectivity index (χ3n) is 2.22. The van der Waals surface area contributed by atoms with E-state index in [1.54, 1.807) is 11.5 Å². The van der Waals surface area contributed by atoms with E-state index in [9.17, 15) is 13.2 Å². The van der Waals surface area contributed by atoms with Gasteiger partial charge in [0.2, 0.25) is 5.95 Å². The minimum absolute atomic E-state index is 0.225. The number of hydrogen-bond acceptors (Lipinski definition) is 3. The average Bonchev–Trinajstić information content (AvgIpc) is 2.57. The zero-order chi connectivity index (χ0) is 13.1. The van der Waals surface area contributed by atoms with Crippen LogP contribution in [0.2, 0.25) is 0 Å². The zero-order valence-corrected chi connectivity index (χ0v) is 10.5. The summed E-state index contributed by atoms with van der Waals surface area (Å²) in [6.45, 7) is 3.34. The van der Waals surface area contributed by atoms with Crippen molar-refractivity contribution < 1.29 is 13.2 Å². The molecule has 0 bridgehead atoms. The number of H-pyrrole nitrogens is 1. The first-order valence-corrected chi connectivity index (χ1v) is 5.76. The lowest BCUT2D eigenvalue weighted by Gasteiger charge is -2.23. The number of rotatable bonds is 5. The van der Waals surface area contributed by atoms with Crippen LogP contribution in [0.4, 0.5) is 19.1 Å². The van der Waals surface area contributed by atoms with Crippen LogP contribution >= 0.6 is 12.2 Å². The van der Waals surface area contributed by atoms with E-state index in [0.29, 0.717) is 11.3 Å². The molecule has 1 aromatic heterocycles. The van der Waals surface area contributed by atoms with E-state index in [0.717, 1.165) is 11.3 Å². The van der Waals surface area contributed by atoms with E-state index in [-0.39, 0.29) is 12.5 Å². The molecule has 1 N–H and O–H groups in total. The second kappa shape index (κ2) is 5.52. The number of anilines is 1. The second-order valence-corrected chi connectivity index (χ2v) is 4.00. The molecule has 1 heterocycles. The molecule has 98 valence electrons. The van der Waals surface area contributed by atoms with Gasteiger partial charge in [-0.2, -0.15) is 13.2 Å². The number of alkyl halides is 3. The van der Waals surface area contributed by atoms with Gasteiger partial charge < -0.3 is 4.90 Å². The largest absolute Gasteiger partial charge is 0.406 e. The summed E-state index contributed by atoms with van der Waals surface area (Å²) in [6, 6.07) is 0. The highest BCUT2D eigenvalue weighted by Gasteiger charge is 2.32. The number of aromatic amines is 1. The van der Waals surface area contributed by atoms with Gasteiger partial charge >= 0.3 is 6.18 Å². The number of halogens is 3. The molecule has 0 radical (unpaired) electrons. The highest BCUT2D eigenvalue weighted by Crippen LogP contribution is 2.20. The van der Waals surface area contributed by atoms with Crippen LogP contribution in [-0.2, 0) is 6.54 Å². The Labute approximate surface area is 102 Å². The standard InChI is InChI=1S/C9H15F3N4S/c1-3-5-16-7(13-14-8(16)17)15(4-2)6-9(10,11)12/h3-6H2,1-2H3,(H,14,17). The quantitative estimate of drug-likeness (QED) is 0.834. The Morgan fingerprint density at radius 3 is 2.53 bits per heavy atom. The van der Waals surface area contributed by atoms with Crippen LogP contribution in [0.3, 0.4) is 0 Å². The van der Waals surface area contributed by atoms with Crippen LogP contribution in [0.5, 0.6) is 0 Å². The average molecular weight is 268 g/mol. The van der Waals surface area contributed by atoms with E-state index in [1.165, 1.54) is 0 Å². The zero-order valence-electron chi connectivity index (χ0n) is 9.71. The van der Waals surface area contributed by atoms with Crippen molar-refractivity contribution in [1.82, 2.24) is 14.8 Å². The topological polar surface area (TPSA) is 36.9 Å². The Morgan fingerprint density at radius 2 is 2.06 bits per heavy atom. The molecule has 8 heteroatoms. The third kappa shape index (κ3) is 3.72. The molecule has 1 aromatic rings. The molecule has 0 aliphatic carbocycles. The predicted octanol–water partition coefficient (Wildman–Crippen LogP) is 2.74. The maximum atomic E-state index is 12.4. The molecule has 0 amide bonds. The Balaban J connectivity index is 2.99. The van der Waals surface area contributed by atoms with Gasteiger partial charge in [0.15, 0.2) is 4.77 Å². The first-order valence-electron chi connectivity index (χ1n) is 5.36. The molecule has 0 fully saturated rings. The molecule has 17 heavy (non-hydrogen) atoms. The van der Waals surface area contributed by atoms with Gasteiger partial charge in [0, 0.05) is 13.1 Å². The fraction of sp³-hybridized carbons (Fsp3) is 0.778. The Bertz CT molecular complexity index is 409.